The minimum Gasteiger partial charge on any atom is -0.489 e. The fraction of sp³-hybridized carbons (Fsp3) is 0.222. The first-order chi connectivity index (χ1) is 15.5. The molecule has 5 nitrogen and oxygen atoms in total. The lowest BCUT2D eigenvalue weighted by atomic mass is 9.97. The molecule has 1 aromatic heterocycles. The van der Waals surface area contributed by atoms with Gasteiger partial charge in [0.1, 0.15) is 17.9 Å². The number of hydrogen-bond acceptors (Lipinski definition) is 5. The second-order valence-electron chi connectivity index (χ2n) is 7.77. The van der Waals surface area contributed by atoms with Crippen LogP contribution in [0.4, 0.5) is 0 Å². The molecule has 0 unspecified atom stereocenters. The van der Waals surface area contributed by atoms with E-state index in [9.17, 15) is 4.79 Å². The molecule has 32 heavy (non-hydrogen) atoms. The van der Waals surface area contributed by atoms with Gasteiger partial charge in [0.2, 0.25) is 0 Å². The van der Waals surface area contributed by atoms with Gasteiger partial charge in [0.25, 0.3) is 0 Å². The largest absolute Gasteiger partial charge is 0.489 e. The normalized spacial score (nSPS) is 12.0. The van der Waals surface area contributed by atoms with E-state index in [1.54, 1.807) is 13.2 Å². The van der Waals surface area contributed by atoms with Gasteiger partial charge in [-0.05, 0) is 60.9 Å². The van der Waals surface area contributed by atoms with E-state index in [2.05, 4.69) is 24.3 Å². The van der Waals surface area contributed by atoms with Crippen molar-refractivity contribution in [3.8, 4) is 16.9 Å². The lowest BCUT2D eigenvalue weighted by Gasteiger charge is -2.13. The van der Waals surface area contributed by atoms with Gasteiger partial charge in [-0.15, -0.1) is 0 Å². The summed E-state index contributed by atoms with van der Waals surface area (Å²) in [5.74, 6) is 0.410. The van der Waals surface area contributed by atoms with E-state index in [4.69, 9.17) is 19.6 Å². The number of nitrogens with two attached hydrogens (primary N) is 1. The highest BCUT2D eigenvalue weighted by Gasteiger charge is 2.13. The molecule has 0 aliphatic heterocycles. The van der Waals surface area contributed by atoms with Crippen LogP contribution in [0.1, 0.15) is 36.6 Å². The predicted octanol–water partition coefficient (Wildman–Crippen LogP) is 5.80. The van der Waals surface area contributed by atoms with E-state index in [1.165, 1.54) is 0 Å². The van der Waals surface area contributed by atoms with Crippen LogP contribution in [0.3, 0.4) is 0 Å². The molecule has 4 aromatic rings. The zero-order valence-electron chi connectivity index (χ0n) is 18.3. The molecule has 0 aliphatic rings. The van der Waals surface area contributed by atoms with E-state index in [0.717, 1.165) is 38.8 Å². The molecule has 0 saturated carbocycles. The van der Waals surface area contributed by atoms with Crippen LogP contribution < -0.4 is 10.5 Å². The van der Waals surface area contributed by atoms with Gasteiger partial charge >= 0.3 is 5.97 Å². The maximum absolute atomic E-state index is 11.9. The van der Waals surface area contributed by atoms with Gasteiger partial charge in [0.05, 0.1) is 19.3 Å². The fourth-order valence-electron chi connectivity index (χ4n) is 3.75. The minimum absolute atomic E-state index is 0.0514. The van der Waals surface area contributed by atoms with Crippen LogP contribution in [0.15, 0.2) is 77.4 Å². The molecule has 1 heterocycles. The molecule has 1 atom stereocenters. The van der Waals surface area contributed by atoms with Gasteiger partial charge in [-0.1, -0.05) is 36.4 Å². The van der Waals surface area contributed by atoms with Crippen molar-refractivity contribution in [3.63, 3.8) is 0 Å². The Hall–Kier alpha value is -3.57. The van der Waals surface area contributed by atoms with E-state index < -0.39 is 0 Å². The summed E-state index contributed by atoms with van der Waals surface area (Å²) in [6.45, 7) is 4.49. The fourth-order valence-corrected chi connectivity index (χ4v) is 3.75. The van der Waals surface area contributed by atoms with Gasteiger partial charge in [-0.2, -0.15) is 0 Å². The predicted molar refractivity (Wildman–Crippen MR) is 125 cm³/mol. The Kier molecular flexibility index (Phi) is 6.57. The first-order valence-electron chi connectivity index (χ1n) is 10.8. The molecule has 164 valence electrons. The number of para-hydroxylation sites is 1. The Bertz CT molecular complexity index is 1230. The number of esters is 1. The summed E-state index contributed by atoms with van der Waals surface area (Å²) in [6, 6.07) is 21.8. The standard InChI is InChI=1S/C27H27NO4/c1-3-30-26(29)16-22-7-4-5-10-25(22)32-17-19-13-23-11-12-31-27(23)24(14-19)21-9-6-8-20(15-21)18(2)28/h4-15,18H,3,16-17,28H2,1-2H3/t18-/m1/s1. The lowest BCUT2D eigenvalue weighted by Crippen LogP contribution is -2.09. The van der Waals surface area contributed by atoms with Crippen LogP contribution in [-0.4, -0.2) is 12.6 Å². The van der Waals surface area contributed by atoms with E-state index in [1.807, 2.05) is 49.4 Å². The zero-order chi connectivity index (χ0) is 22.5. The topological polar surface area (TPSA) is 74.7 Å². The van der Waals surface area contributed by atoms with Crippen LogP contribution in [0.5, 0.6) is 5.75 Å². The zero-order valence-corrected chi connectivity index (χ0v) is 18.3. The van der Waals surface area contributed by atoms with E-state index in [0.29, 0.717) is 19.0 Å². The number of rotatable bonds is 8. The highest BCUT2D eigenvalue weighted by molar-refractivity contribution is 5.93. The SMILES string of the molecule is CCOC(=O)Cc1ccccc1OCc1cc(-c2cccc([C@@H](C)N)c2)c2occc2c1. The van der Waals surface area contributed by atoms with Gasteiger partial charge in [0, 0.05) is 22.6 Å². The lowest BCUT2D eigenvalue weighted by molar-refractivity contribution is -0.142. The Morgan fingerprint density at radius 1 is 1.06 bits per heavy atom. The van der Waals surface area contributed by atoms with Gasteiger partial charge < -0.3 is 19.6 Å². The van der Waals surface area contributed by atoms with Crippen LogP contribution in [0.2, 0.25) is 0 Å². The molecule has 2 N–H and O–H groups in total. The Morgan fingerprint density at radius 2 is 1.91 bits per heavy atom. The molecule has 4 rings (SSSR count). The highest BCUT2D eigenvalue weighted by atomic mass is 16.5. The van der Waals surface area contributed by atoms with Crippen molar-refractivity contribution in [2.45, 2.75) is 32.9 Å². The Morgan fingerprint density at radius 3 is 2.72 bits per heavy atom. The summed E-state index contributed by atoms with van der Waals surface area (Å²) < 4.78 is 17.0. The molecule has 0 aliphatic carbocycles. The molecule has 0 spiro atoms. The maximum Gasteiger partial charge on any atom is 0.310 e. The van der Waals surface area contributed by atoms with Crippen molar-refractivity contribution in [2.24, 2.45) is 5.73 Å². The molecular formula is C27H27NO4. The summed E-state index contributed by atoms with van der Waals surface area (Å²) >= 11 is 0. The monoisotopic (exact) mass is 429 g/mol. The van der Waals surface area contributed by atoms with Gasteiger partial charge in [-0.3, -0.25) is 4.79 Å². The quantitative estimate of drug-likeness (QED) is 0.358. The van der Waals surface area contributed by atoms with Crippen LogP contribution >= 0.6 is 0 Å². The van der Waals surface area contributed by atoms with Gasteiger partial charge in [-0.25, -0.2) is 0 Å². The minimum atomic E-state index is -0.264. The number of furan rings is 1. The van der Waals surface area contributed by atoms with Crippen molar-refractivity contribution >= 4 is 16.9 Å². The third-order valence-electron chi connectivity index (χ3n) is 5.34. The second-order valence-corrected chi connectivity index (χ2v) is 7.77. The van der Waals surface area contributed by atoms with Crippen LogP contribution in [0.25, 0.3) is 22.1 Å². The molecule has 0 amide bonds. The molecule has 5 heteroatoms. The molecule has 0 bridgehead atoms. The first-order valence-corrected chi connectivity index (χ1v) is 10.8. The Balaban J connectivity index is 1.62. The molecule has 3 aromatic carbocycles. The highest BCUT2D eigenvalue weighted by Crippen LogP contribution is 2.33. The summed E-state index contributed by atoms with van der Waals surface area (Å²) in [5.41, 5.74) is 11.8. The third kappa shape index (κ3) is 4.84. The first kappa shape index (κ1) is 21.7. The summed E-state index contributed by atoms with van der Waals surface area (Å²) in [7, 11) is 0. The molecule has 0 radical (unpaired) electrons. The molecular weight excluding hydrogens is 402 g/mol. The third-order valence-corrected chi connectivity index (χ3v) is 5.34. The average molecular weight is 430 g/mol. The van der Waals surface area contributed by atoms with E-state index in [-0.39, 0.29) is 18.4 Å². The van der Waals surface area contributed by atoms with Crippen LogP contribution in [0, 0.1) is 0 Å². The average Bonchev–Trinajstić information content (AvgIpc) is 3.27. The van der Waals surface area contributed by atoms with Gasteiger partial charge in [0.15, 0.2) is 0 Å². The number of carbonyl (C=O) groups is 1. The van der Waals surface area contributed by atoms with Crippen molar-refractivity contribution in [1.82, 2.24) is 0 Å². The number of benzene rings is 3. The Labute approximate surface area is 187 Å². The van der Waals surface area contributed by atoms with Crippen molar-refractivity contribution < 1.29 is 18.7 Å². The maximum atomic E-state index is 11.9. The number of ether oxygens (including phenoxy) is 2. The summed E-state index contributed by atoms with van der Waals surface area (Å²) in [4.78, 5) is 11.9. The second kappa shape index (κ2) is 9.71. The number of carbonyl (C=O) groups excluding carboxylic acids is 1. The summed E-state index contributed by atoms with van der Waals surface area (Å²) in [6.07, 6.45) is 1.88. The van der Waals surface area contributed by atoms with Crippen LogP contribution in [-0.2, 0) is 22.6 Å². The van der Waals surface area contributed by atoms with Crippen molar-refractivity contribution in [1.29, 1.82) is 0 Å². The van der Waals surface area contributed by atoms with Crippen molar-refractivity contribution in [3.05, 3.63) is 89.7 Å². The summed E-state index contributed by atoms with van der Waals surface area (Å²) in [5, 5.41) is 1.01. The number of hydrogen-bond donors (Lipinski definition) is 1. The molecule has 0 saturated heterocycles. The smallest absolute Gasteiger partial charge is 0.310 e. The van der Waals surface area contributed by atoms with E-state index >= 15 is 0 Å². The van der Waals surface area contributed by atoms with Crippen molar-refractivity contribution in [2.75, 3.05) is 6.61 Å². The molecule has 0 fully saturated rings. The number of fused-ring (bicyclic) bond motifs is 1.